The summed E-state index contributed by atoms with van der Waals surface area (Å²) in [7, 11) is 0. The van der Waals surface area contributed by atoms with Crippen LogP contribution < -0.4 is 16.0 Å². The topological polar surface area (TPSA) is 140 Å². The van der Waals surface area contributed by atoms with Crippen molar-refractivity contribution < 1.29 is 19.1 Å². The third kappa shape index (κ3) is 9.55. The molecule has 0 saturated heterocycles. The summed E-state index contributed by atoms with van der Waals surface area (Å²) in [5, 5.41) is 23.1. The molecule has 11 nitrogen and oxygen atoms in total. The first-order valence-electron chi connectivity index (χ1n) is 22.0. The van der Waals surface area contributed by atoms with E-state index in [0.29, 0.717) is 22.7 Å². The fraction of sp³-hybridized carbons (Fsp3) is 0.241. The molecule has 1 aliphatic heterocycles. The van der Waals surface area contributed by atoms with E-state index in [2.05, 4.69) is 57.6 Å². The maximum atomic E-state index is 14.8. The lowest BCUT2D eigenvalue weighted by Gasteiger charge is -2.36. The van der Waals surface area contributed by atoms with Crippen molar-refractivity contribution in [3.05, 3.63) is 191 Å². The van der Waals surface area contributed by atoms with Gasteiger partial charge in [-0.1, -0.05) is 169 Å². The smallest absolute Gasteiger partial charge is 0.408 e. The average Bonchev–Trinajstić information content (AvgIpc) is 3.73. The van der Waals surface area contributed by atoms with Crippen molar-refractivity contribution in [2.45, 2.75) is 83.1 Å². The summed E-state index contributed by atoms with van der Waals surface area (Å²) in [5.74, 6) is -0.0740. The van der Waals surface area contributed by atoms with Crippen LogP contribution >= 0.6 is 12.2 Å². The second-order valence-corrected chi connectivity index (χ2v) is 18.9. The van der Waals surface area contributed by atoms with Gasteiger partial charge in [0.05, 0.1) is 6.04 Å². The van der Waals surface area contributed by atoms with Gasteiger partial charge in [0.2, 0.25) is 5.91 Å². The molecule has 0 aliphatic carbocycles. The Kier molecular flexibility index (Phi) is 12.8. The number of carbonyl (C=O) groups excluding carboxylic acids is 3. The summed E-state index contributed by atoms with van der Waals surface area (Å²) in [6, 6.07) is 50.4. The lowest BCUT2D eigenvalue weighted by Crippen LogP contribution is -2.56. The number of aryl methyl sites for hydroxylation is 1. The molecular weight excluding hydrogens is 843 g/mol. The molecule has 8 rings (SSSR count). The van der Waals surface area contributed by atoms with Crippen LogP contribution in [-0.4, -0.2) is 66.1 Å². The molecule has 66 heavy (non-hydrogen) atoms. The zero-order chi connectivity index (χ0) is 46.6. The van der Waals surface area contributed by atoms with Crippen LogP contribution in [0, 0.1) is 6.92 Å². The Hall–Kier alpha value is -7.31. The van der Waals surface area contributed by atoms with Crippen LogP contribution in [0.4, 0.5) is 10.5 Å². The first-order valence-corrected chi connectivity index (χ1v) is 22.4. The number of alkyl carbamates (subject to hydrolysis) is 1. The number of amides is 2. The van der Waals surface area contributed by atoms with Gasteiger partial charge in [0.15, 0.2) is 11.6 Å². The minimum Gasteiger partial charge on any atom is -0.444 e. The molecule has 0 bridgehead atoms. The molecule has 1 aromatic heterocycles. The predicted molar refractivity (Wildman–Crippen MR) is 263 cm³/mol. The molecule has 0 saturated carbocycles. The van der Waals surface area contributed by atoms with Gasteiger partial charge in [0, 0.05) is 40.1 Å². The third-order valence-electron chi connectivity index (χ3n) is 11.7. The number of nitrogens with zero attached hydrogens (tertiary/aromatic N) is 4. The fourth-order valence-electron chi connectivity index (χ4n) is 8.78. The SMILES string of the molecule is Cc1ccc2c(c1)CC(=S)C(NC(=O)CC(C)(C)NC(=O)OC(C)(C)C)C(C(=O)c1ccc(-c3ccccc3-c3nnnn3C(c3ccccc3)(c3ccccc3)c3ccccc3)cc1)N2. The Labute approximate surface area is 391 Å². The molecule has 334 valence electrons. The highest BCUT2D eigenvalue weighted by atomic mass is 32.1. The number of nitrogens with one attached hydrogen (secondary N) is 3. The maximum Gasteiger partial charge on any atom is 0.408 e. The van der Waals surface area contributed by atoms with E-state index in [1.54, 1.807) is 46.8 Å². The molecule has 1 aliphatic rings. The number of anilines is 1. The van der Waals surface area contributed by atoms with Gasteiger partial charge >= 0.3 is 6.09 Å². The van der Waals surface area contributed by atoms with E-state index in [1.807, 2.05) is 121 Å². The second-order valence-electron chi connectivity index (χ2n) is 18.4. The number of carbonyl (C=O) groups is 3. The molecule has 2 amide bonds. The number of thiocarbonyl (C=S) groups is 1. The zero-order valence-corrected chi connectivity index (χ0v) is 38.7. The Morgan fingerprint density at radius 1 is 0.742 bits per heavy atom. The van der Waals surface area contributed by atoms with Crippen molar-refractivity contribution in [1.29, 1.82) is 0 Å². The van der Waals surface area contributed by atoms with Gasteiger partial charge in [-0.15, -0.1) is 5.10 Å². The monoisotopic (exact) mass is 895 g/mol. The molecule has 3 N–H and O–H groups in total. The summed E-state index contributed by atoms with van der Waals surface area (Å²) in [4.78, 5) is 41.8. The number of tetrazole rings is 1. The predicted octanol–water partition coefficient (Wildman–Crippen LogP) is 9.92. The lowest BCUT2D eigenvalue weighted by atomic mass is 9.77. The van der Waals surface area contributed by atoms with Crippen molar-refractivity contribution in [1.82, 2.24) is 30.8 Å². The van der Waals surface area contributed by atoms with Crippen LogP contribution in [0.15, 0.2) is 158 Å². The van der Waals surface area contributed by atoms with Gasteiger partial charge in [-0.3, -0.25) is 9.59 Å². The van der Waals surface area contributed by atoms with Gasteiger partial charge < -0.3 is 20.7 Å². The highest BCUT2D eigenvalue weighted by molar-refractivity contribution is 7.80. The Morgan fingerprint density at radius 3 is 1.88 bits per heavy atom. The summed E-state index contributed by atoms with van der Waals surface area (Å²) in [6.07, 6.45) is -0.336. The molecular formula is C54H53N7O4S. The van der Waals surface area contributed by atoms with Gasteiger partial charge in [-0.05, 0) is 91.4 Å². The number of ether oxygens (including phenoxy) is 1. The number of fused-ring (bicyclic) bond motifs is 1. The van der Waals surface area contributed by atoms with E-state index in [0.717, 1.165) is 50.2 Å². The van der Waals surface area contributed by atoms with Crippen molar-refractivity contribution >= 4 is 40.6 Å². The Bertz CT molecular complexity index is 2780. The standard InChI is InChI=1S/C54H53N7O4S/c1-35-26-31-44-38(32-35)33-45(66)47(56-46(62)34-53(5,6)57-51(64)65-52(2,3)4)48(55-44)49(63)37-29-27-36(28-30-37)42-24-16-17-25-43(42)50-58-59-60-61(50)54(39-18-10-7-11-19-39,40-20-12-8-13-21-40)41-22-14-9-15-23-41/h7-32,47-48,55H,33-34H2,1-6H3,(H,56,62)(H,57,64). The van der Waals surface area contributed by atoms with E-state index >= 15 is 0 Å². The van der Waals surface area contributed by atoms with E-state index in [-0.39, 0.29) is 18.1 Å². The molecule has 0 radical (unpaired) electrons. The minimum absolute atomic E-state index is 0.0844. The second kappa shape index (κ2) is 18.7. The average molecular weight is 896 g/mol. The normalized spacial score (nSPS) is 15.2. The number of benzene rings is 6. The van der Waals surface area contributed by atoms with Crippen LogP contribution in [0.25, 0.3) is 22.5 Å². The zero-order valence-electron chi connectivity index (χ0n) is 37.9. The first-order chi connectivity index (χ1) is 31.6. The maximum absolute atomic E-state index is 14.8. The van der Waals surface area contributed by atoms with Crippen molar-refractivity contribution in [3.63, 3.8) is 0 Å². The van der Waals surface area contributed by atoms with Crippen LogP contribution in [0.5, 0.6) is 0 Å². The summed E-state index contributed by atoms with van der Waals surface area (Å²) in [6.45, 7) is 10.8. The van der Waals surface area contributed by atoms with Gasteiger partial charge in [-0.25, -0.2) is 9.48 Å². The number of Topliss-reactive ketones (excluding diaryl/α,β-unsaturated/α-hetero) is 1. The van der Waals surface area contributed by atoms with Crippen molar-refractivity contribution in [2.75, 3.05) is 5.32 Å². The third-order valence-corrected chi connectivity index (χ3v) is 12.1. The molecule has 2 atom stereocenters. The highest BCUT2D eigenvalue weighted by Gasteiger charge is 2.42. The van der Waals surface area contributed by atoms with E-state index in [1.165, 1.54) is 0 Å². The van der Waals surface area contributed by atoms with Gasteiger partial charge in [0.1, 0.15) is 17.2 Å². The Morgan fingerprint density at radius 2 is 1.30 bits per heavy atom. The number of rotatable bonds is 12. The fourth-order valence-corrected chi connectivity index (χ4v) is 9.13. The number of aromatic nitrogens is 4. The van der Waals surface area contributed by atoms with Gasteiger partial charge in [0.25, 0.3) is 0 Å². The van der Waals surface area contributed by atoms with Crippen LogP contribution in [0.2, 0.25) is 0 Å². The van der Waals surface area contributed by atoms with Gasteiger partial charge in [-0.2, -0.15) is 0 Å². The summed E-state index contributed by atoms with van der Waals surface area (Å²) in [5.41, 5.74) is 6.01. The van der Waals surface area contributed by atoms with Crippen LogP contribution in [-0.2, 0) is 21.5 Å². The molecule has 0 spiro atoms. The molecule has 7 aromatic rings. The molecule has 0 fully saturated rings. The van der Waals surface area contributed by atoms with Crippen molar-refractivity contribution in [3.8, 4) is 22.5 Å². The van der Waals surface area contributed by atoms with E-state index < -0.39 is 34.9 Å². The quantitative estimate of drug-likeness (QED) is 0.0621. The summed E-state index contributed by atoms with van der Waals surface area (Å²) >= 11 is 6.02. The number of ketones is 1. The minimum atomic E-state index is -0.965. The van der Waals surface area contributed by atoms with Crippen LogP contribution in [0.3, 0.4) is 0 Å². The Balaban J connectivity index is 1.13. The lowest BCUT2D eigenvalue weighted by molar-refractivity contribution is -0.122. The molecule has 2 unspecified atom stereocenters. The largest absolute Gasteiger partial charge is 0.444 e. The summed E-state index contributed by atoms with van der Waals surface area (Å²) < 4.78 is 7.35. The van der Waals surface area contributed by atoms with Crippen molar-refractivity contribution in [2.24, 2.45) is 0 Å². The van der Waals surface area contributed by atoms with E-state index in [9.17, 15) is 14.4 Å². The number of hydrogen-bond acceptors (Lipinski definition) is 9. The molecule has 12 heteroatoms. The number of hydrogen-bond donors (Lipinski definition) is 3. The first kappa shape index (κ1) is 45.3. The van der Waals surface area contributed by atoms with E-state index in [4.69, 9.17) is 27.3 Å². The molecule has 6 aromatic carbocycles. The molecule has 2 heterocycles. The van der Waals surface area contributed by atoms with Crippen LogP contribution in [0.1, 0.15) is 79.2 Å². The highest BCUT2D eigenvalue weighted by Crippen LogP contribution is 2.43.